The fourth-order valence-electron chi connectivity index (χ4n) is 2.11. The number of rotatable bonds is 3. The van der Waals surface area contributed by atoms with E-state index in [9.17, 15) is 22.1 Å². The first-order valence-electron chi connectivity index (χ1n) is 6.77. The molecule has 0 spiro atoms. The van der Waals surface area contributed by atoms with Crippen molar-refractivity contribution >= 4 is 16.8 Å². The van der Waals surface area contributed by atoms with Gasteiger partial charge in [0.05, 0.1) is 0 Å². The van der Waals surface area contributed by atoms with Gasteiger partial charge in [-0.1, -0.05) is 0 Å². The number of alkyl halides is 3. The molecular formula is C14H10F4N4OS. The first kappa shape index (κ1) is 16.7. The quantitative estimate of drug-likeness (QED) is 0.410. The Morgan fingerprint density at radius 1 is 1.25 bits per heavy atom. The number of halogens is 4. The van der Waals surface area contributed by atoms with Gasteiger partial charge in [-0.25, -0.2) is 15.0 Å². The van der Waals surface area contributed by atoms with Gasteiger partial charge in [0.2, 0.25) is 5.95 Å². The number of nitrogens with zero attached hydrogens (tertiary/aromatic N) is 4. The van der Waals surface area contributed by atoms with Crippen molar-refractivity contribution in [3.8, 4) is 11.4 Å². The van der Waals surface area contributed by atoms with E-state index in [2.05, 4.69) is 15.0 Å². The largest absolute Gasteiger partial charge is 0.611 e. The van der Waals surface area contributed by atoms with Gasteiger partial charge in [0.15, 0.2) is 4.90 Å². The zero-order valence-corrected chi connectivity index (χ0v) is 13.0. The third-order valence-electron chi connectivity index (χ3n) is 3.21. The zero-order chi connectivity index (χ0) is 17.5. The lowest BCUT2D eigenvalue weighted by Crippen LogP contribution is -2.08. The van der Waals surface area contributed by atoms with Gasteiger partial charge in [-0.05, 0) is 24.2 Å². The molecule has 10 heteroatoms. The van der Waals surface area contributed by atoms with Crippen LogP contribution in [0.1, 0.15) is 12.6 Å². The van der Waals surface area contributed by atoms with Crippen molar-refractivity contribution < 1.29 is 22.1 Å². The Hall–Kier alpha value is -2.20. The Labute approximate surface area is 136 Å². The molecule has 24 heavy (non-hydrogen) atoms. The normalized spacial score (nSPS) is 13.4. The number of pyridine rings is 1. The van der Waals surface area contributed by atoms with E-state index >= 15 is 0 Å². The van der Waals surface area contributed by atoms with Crippen LogP contribution in [-0.2, 0) is 17.4 Å². The highest BCUT2D eigenvalue weighted by Crippen LogP contribution is 2.30. The van der Waals surface area contributed by atoms with Crippen molar-refractivity contribution in [2.45, 2.75) is 18.0 Å². The molecule has 0 fully saturated rings. The number of imidazole rings is 1. The maximum atomic E-state index is 13.5. The molecule has 1 unspecified atom stereocenters. The maximum absolute atomic E-state index is 13.5. The van der Waals surface area contributed by atoms with Crippen LogP contribution >= 0.6 is 0 Å². The molecule has 0 aliphatic carbocycles. The second-order valence-corrected chi connectivity index (χ2v) is 6.49. The third-order valence-corrected chi connectivity index (χ3v) is 4.56. The van der Waals surface area contributed by atoms with Crippen LogP contribution in [0.5, 0.6) is 0 Å². The minimum Gasteiger partial charge on any atom is -0.611 e. The summed E-state index contributed by atoms with van der Waals surface area (Å²) < 4.78 is 64.9. The first-order valence-corrected chi connectivity index (χ1v) is 8.08. The van der Waals surface area contributed by atoms with Crippen LogP contribution in [0.25, 0.3) is 17.0 Å². The second kappa shape index (κ2) is 6.02. The highest BCUT2D eigenvalue weighted by molar-refractivity contribution is 7.91. The summed E-state index contributed by atoms with van der Waals surface area (Å²) in [5.74, 6) is -0.513. The molecule has 0 radical (unpaired) electrons. The van der Waals surface area contributed by atoms with E-state index in [1.54, 1.807) is 6.92 Å². The number of hydrogen-bond donors (Lipinski definition) is 0. The molecule has 3 aromatic rings. The lowest BCUT2D eigenvalue weighted by molar-refractivity contribution is -0.141. The van der Waals surface area contributed by atoms with Gasteiger partial charge in [0, 0.05) is 18.3 Å². The van der Waals surface area contributed by atoms with Gasteiger partial charge in [0.25, 0.3) is 0 Å². The minimum atomic E-state index is -4.60. The topological polar surface area (TPSA) is 66.1 Å². The van der Waals surface area contributed by atoms with Gasteiger partial charge in [-0.2, -0.15) is 17.6 Å². The molecule has 0 aliphatic heterocycles. The van der Waals surface area contributed by atoms with Crippen LogP contribution in [0.3, 0.4) is 0 Å². The molecule has 3 rings (SSSR count). The molecule has 0 amide bonds. The molecule has 1 atom stereocenters. The first-order chi connectivity index (χ1) is 11.3. The summed E-state index contributed by atoms with van der Waals surface area (Å²) in [7, 11) is 0. The standard InChI is InChI=1S/C14H10F4N4OS/c1-2-24(23)9-3-4-11(15)21-13(9)8-6-22-7-19-10(14(16,17)18)5-12(22)20-8/h3-7H,2H2,1H3. The van der Waals surface area contributed by atoms with Crippen LogP contribution in [0, 0.1) is 5.95 Å². The van der Waals surface area contributed by atoms with Crippen molar-refractivity contribution in [3.05, 3.63) is 42.4 Å². The average molecular weight is 358 g/mol. The molecule has 3 heterocycles. The SMILES string of the molecule is CC[S+]([O-])c1ccc(F)nc1-c1cn2cnc(C(F)(F)F)cc2n1. The van der Waals surface area contributed by atoms with E-state index in [0.717, 1.165) is 18.5 Å². The van der Waals surface area contributed by atoms with Crippen molar-refractivity contribution in [1.82, 2.24) is 19.4 Å². The molecule has 0 bridgehead atoms. The van der Waals surface area contributed by atoms with Crippen LogP contribution < -0.4 is 0 Å². The summed E-state index contributed by atoms with van der Waals surface area (Å²) in [6.45, 7) is 1.69. The molecule has 0 aliphatic rings. The Morgan fingerprint density at radius 2 is 2.00 bits per heavy atom. The van der Waals surface area contributed by atoms with Crippen molar-refractivity contribution in [1.29, 1.82) is 0 Å². The fourth-order valence-corrected chi connectivity index (χ4v) is 3.00. The zero-order valence-electron chi connectivity index (χ0n) is 12.2. The molecule has 126 valence electrons. The van der Waals surface area contributed by atoms with E-state index in [4.69, 9.17) is 0 Å². The molecule has 0 saturated heterocycles. The van der Waals surface area contributed by atoms with E-state index in [0.29, 0.717) is 0 Å². The van der Waals surface area contributed by atoms with Crippen LogP contribution in [-0.4, -0.2) is 29.7 Å². The van der Waals surface area contributed by atoms with Gasteiger partial charge < -0.3 is 4.55 Å². The van der Waals surface area contributed by atoms with Crippen LogP contribution in [0.4, 0.5) is 17.6 Å². The molecule has 5 nitrogen and oxygen atoms in total. The molecule has 0 N–H and O–H groups in total. The van der Waals surface area contributed by atoms with E-state index in [1.165, 1.54) is 16.7 Å². The molecule has 0 saturated carbocycles. The van der Waals surface area contributed by atoms with E-state index in [1.807, 2.05) is 0 Å². The summed E-state index contributed by atoms with van der Waals surface area (Å²) in [6, 6.07) is 3.19. The maximum Gasteiger partial charge on any atom is 0.433 e. The lowest BCUT2D eigenvalue weighted by atomic mass is 10.3. The van der Waals surface area contributed by atoms with Gasteiger partial charge >= 0.3 is 6.18 Å². The summed E-state index contributed by atoms with van der Waals surface area (Å²) in [4.78, 5) is 11.3. The summed E-state index contributed by atoms with van der Waals surface area (Å²) in [5.41, 5.74) is -0.955. The summed E-state index contributed by atoms with van der Waals surface area (Å²) >= 11 is -1.42. The Morgan fingerprint density at radius 3 is 2.67 bits per heavy atom. The number of hydrogen-bond acceptors (Lipinski definition) is 4. The Kier molecular flexibility index (Phi) is 4.18. The van der Waals surface area contributed by atoms with Crippen molar-refractivity contribution in [2.24, 2.45) is 0 Å². The Balaban J connectivity index is 2.15. The summed E-state index contributed by atoms with van der Waals surface area (Å²) in [6.07, 6.45) is -2.27. The highest BCUT2D eigenvalue weighted by Gasteiger charge is 2.33. The van der Waals surface area contributed by atoms with Gasteiger partial charge in [-0.15, -0.1) is 0 Å². The second-order valence-electron chi connectivity index (χ2n) is 4.78. The Bertz CT molecular complexity index is 896. The van der Waals surface area contributed by atoms with E-state index < -0.39 is 29.0 Å². The minimum absolute atomic E-state index is 0.0217. The van der Waals surface area contributed by atoms with Gasteiger partial charge in [0.1, 0.15) is 34.8 Å². The summed E-state index contributed by atoms with van der Waals surface area (Å²) in [5, 5.41) is 0. The predicted octanol–water partition coefficient (Wildman–Crippen LogP) is 3.08. The average Bonchev–Trinajstić information content (AvgIpc) is 2.96. The van der Waals surface area contributed by atoms with Gasteiger partial charge in [-0.3, -0.25) is 4.40 Å². The predicted molar refractivity (Wildman–Crippen MR) is 78.1 cm³/mol. The smallest absolute Gasteiger partial charge is 0.433 e. The van der Waals surface area contributed by atoms with Crippen LogP contribution in [0.2, 0.25) is 0 Å². The van der Waals surface area contributed by atoms with Crippen molar-refractivity contribution in [2.75, 3.05) is 5.75 Å². The monoisotopic (exact) mass is 358 g/mol. The van der Waals surface area contributed by atoms with E-state index in [-0.39, 0.29) is 27.7 Å². The lowest BCUT2D eigenvalue weighted by Gasteiger charge is -2.10. The number of fused-ring (bicyclic) bond motifs is 1. The fraction of sp³-hybridized carbons (Fsp3) is 0.214. The highest BCUT2D eigenvalue weighted by atomic mass is 32.2. The number of aromatic nitrogens is 4. The van der Waals surface area contributed by atoms with Crippen LogP contribution in [0.15, 0.2) is 35.6 Å². The third kappa shape index (κ3) is 3.06. The molecule has 0 aromatic carbocycles. The molecule has 3 aromatic heterocycles. The molecular weight excluding hydrogens is 348 g/mol. The van der Waals surface area contributed by atoms with Crippen molar-refractivity contribution in [3.63, 3.8) is 0 Å².